The zero-order valence-electron chi connectivity index (χ0n) is 13.3. The molecule has 4 heteroatoms. The van der Waals surface area contributed by atoms with E-state index < -0.39 is 6.10 Å². The molecule has 1 saturated heterocycles. The van der Waals surface area contributed by atoms with Crippen LogP contribution in [0.3, 0.4) is 0 Å². The van der Waals surface area contributed by atoms with Gasteiger partial charge in [0.15, 0.2) is 6.10 Å². The Hall–Kier alpha value is -1.55. The predicted octanol–water partition coefficient (Wildman–Crippen LogP) is 2.75. The molecule has 116 valence electrons. The zero-order valence-corrected chi connectivity index (χ0v) is 13.3. The Morgan fingerprint density at radius 2 is 2.05 bits per heavy atom. The lowest BCUT2D eigenvalue weighted by Gasteiger charge is -2.22. The zero-order chi connectivity index (χ0) is 15.2. The first-order chi connectivity index (χ1) is 10.1. The quantitative estimate of drug-likeness (QED) is 0.876. The van der Waals surface area contributed by atoms with Gasteiger partial charge in [-0.2, -0.15) is 0 Å². The standard InChI is InChI=1S/C17H26N2O2/c1-4-18-13(2)15-8-7-9-16(12-15)21-14(3)17(20)19-10-5-6-11-19/h7-9,12-14,18H,4-6,10-11H2,1-3H3. The van der Waals surface area contributed by atoms with E-state index in [-0.39, 0.29) is 11.9 Å². The van der Waals surface area contributed by atoms with E-state index >= 15 is 0 Å². The van der Waals surface area contributed by atoms with Crippen LogP contribution in [0.1, 0.15) is 45.2 Å². The van der Waals surface area contributed by atoms with Gasteiger partial charge in [0.05, 0.1) is 0 Å². The molecule has 2 unspecified atom stereocenters. The first-order valence-corrected chi connectivity index (χ1v) is 7.90. The fourth-order valence-corrected chi connectivity index (χ4v) is 2.73. The van der Waals surface area contributed by atoms with Crippen molar-refractivity contribution in [2.45, 2.75) is 45.8 Å². The SMILES string of the molecule is CCNC(C)c1cccc(OC(C)C(=O)N2CCCC2)c1. The van der Waals surface area contributed by atoms with Gasteiger partial charge in [-0.1, -0.05) is 19.1 Å². The largest absolute Gasteiger partial charge is 0.481 e. The van der Waals surface area contributed by atoms with Crippen LogP contribution in [-0.2, 0) is 4.79 Å². The van der Waals surface area contributed by atoms with Crippen molar-refractivity contribution in [3.8, 4) is 5.75 Å². The Morgan fingerprint density at radius 3 is 2.71 bits per heavy atom. The summed E-state index contributed by atoms with van der Waals surface area (Å²) in [6.45, 7) is 8.71. The van der Waals surface area contributed by atoms with Crippen molar-refractivity contribution in [3.63, 3.8) is 0 Å². The molecular formula is C17H26N2O2. The van der Waals surface area contributed by atoms with E-state index in [1.165, 1.54) is 5.56 Å². The third-order valence-electron chi connectivity index (χ3n) is 3.95. The van der Waals surface area contributed by atoms with Crippen molar-refractivity contribution in [1.29, 1.82) is 0 Å². The average molecular weight is 290 g/mol. The molecule has 0 spiro atoms. The molecular weight excluding hydrogens is 264 g/mol. The summed E-state index contributed by atoms with van der Waals surface area (Å²) in [5.41, 5.74) is 1.18. The van der Waals surface area contributed by atoms with Crippen LogP contribution in [0.4, 0.5) is 0 Å². The van der Waals surface area contributed by atoms with Gasteiger partial charge in [-0.25, -0.2) is 0 Å². The molecule has 1 aliphatic rings. The summed E-state index contributed by atoms with van der Waals surface area (Å²) in [5.74, 6) is 0.856. The highest BCUT2D eigenvalue weighted by Crippen LogP contribution is 2.21. The minimum absolute atomic E-state index is 0.0950. The number of nitrogens with one attached hydrogen (secondary N) is 1. The van der Waals surface area contributed by atoms with Crippen molar-refractivity contribution in [2.24, 2.45) is 0 Å². The van der Waals surface area contributed by atoms with E-state index in [1.807, 2.05) is 30.0 Å². The smallest absolute Gasteiger partial charge is 0.263 e. The van der Waals surface area contributed by atoms with E-state index in [2.05, 4.69) is 25.2 Å². The predicted molar refractivity (Wildman–Crippen MR) is 84.4 cm³/mol. The Morgan fingerprint density at radius 1 is 1.33 bits per heavy atom. The molecule has 0 bridgehead atoms. The lowest BCUT2D eigenvalue weighted by Crippen LogP contribution is -2.38. The third kappa shape index (κ3) is 4.21. The molecule has 1 amide bonds. The summed E-state index contributed by atoms with van der Waals surface area (Å²) in [4.78, 5) is 14.2. The summed E-state index contributed by atoms with van der Waals surface area (Å²) >= 11 is 0. The molecule has 0 aromatic heterocycles. The molecule has 4 nitrogen and oxygen atoms in total. The molecule has 1 aromatic rings. The van der Waals surface area contributed by atoms with Gasteiger partial charge in [-0.3, -0.25) is 4.79 Å². The molecule has 1 aromatic carbocycles. The Balaban J connectivity index is 1.98. The number of rotatable bonds is 6. The second-order valence-corrected chi connectivity index (χ2v) is 5.64. The van der Waals surface area contributed by atoms with E-state index in [9.17, 15) is 4.79 Å². The molecule has 0 radical (unpaired) electrons. The number of carbonyl (C=O) groups is 1. The van der Waals surface area contributed by atoms with Crippen molar-refractivity contribution < 1.29 is 9.53 Å². The van der Waals surface area contributed by atoms with Crippen LogP contribution in [0.15, 0.2) is 24.3 Å². The van der Waals surface area contributed by atoms with Gasteiger partial charge in [0.25, 0.3) is 5.91 Å². The Labute approximate surface area is 127 Å². The highest BCUT2D eigenvalue weighted by molar-refractivity contribution is 5.81. The van der Waals surface area contributed by atoms with E-state index in [4.69, 9.17) is 4.74 Å². The second-order valence-electron chi connectivity index (χ2n) is 5.64. The number of carbonyl (C=O) groups excluding carboxylic acids is 1. The monoisotopic (exact) mass is 290 g/mol. The lowest BCUT2D eigenvalue weighted by atomic mass is 10.1. The maximum atomic E-state index is 12.3. The Kier molecular flexibility index (Phi) is 5.62. The first-order valence-electron chi connectivity index (χ1n) is 7.90. The lowest BCUT2D eigenvalue weighted by molar-refractivity contribution is -0.136. The number of ether oxygens (including phenoxy) is 1. The molecule has 1 heterocycles. The summed E-state index contributed by atoms with van der Waals surface area (Å²) in [5, 5.41) is 3.38. The maximum Gasteiger partial charge on any atom is 0.263 e. The number of benzene rings is 1. The molecule has 0 aliphatic carbocycles. The number of amides is 1. The van der Waals surface area contributed by atoms with Crippen LogP contribution < -0.4 is 10.1 Å². The minimum atomic E-state index is -0.423. The van der Waals surface area contributed by atoms with Gasteiger partial charge in [0.1, 0.15) is 5.75 Å². The van der Waals surface area contributed by atoms with Crippen LogP contribution in [0, 0.1) is 0 Å². The van der Waals surface area contributed by atoms with Gasteiger partial charge in [-0.15, -0.1) is 0 Å². The van der Waals surface area contributed by atoms with Crippen molar-refractivity contribution >= 4 is 5.91 Å². The number of hydrogen-bond acceptors (Lipinski definition) is 3. The second kappa shape index (κ2) is 7.46. The van der Waals surface area contributed by atoms with Crippen LogP contribution >= 0.6 is 0 Å². The molecule has 2 atom stereocenters. The average Bonchev–Trinajstić information content (AvgIpc) is 3.01. The first kappa shape index (κ1) is 15.8. The fraction of sp³-hybridized carbons (Fsp3) is 0.588. The number of likely N-dealkylation sites (tertiary alicyclic amines) is 1. The topological polar surface area (TPSA) is 41.6 Å². The highest BCUT2D eigenvalue weighted by atomic mass is 16.5. The minimum Gasteiger partial charge on any atom is -0.481 e. The molecule has 21 heavy (non-hydrogen) atoms. The maximum absolute atomic E-state index is 12.3. The number of hydrogen-bond donors (Lipinski definition) is 1. The van der Waals surface area contributed by atoms with Crippen molar-refractivity contribution in [1.82, 2.24) is 10.2 Å². The van der Waals surface area contributed by atoms with Crippen molar-refractivity contribution in [2.75, 3.05) is 19.6 Å². The van der Waals surface area contributed by atoms with Gasteiger partial charge >= 0.3 is 0 Å². The van der Waals surface area contributed by atoms with E-state index in [1.54, 1.807) is 0 Å². The van der Waals surface area contributed by atoms with Crippen LogP contribution in [0.25, 0.3) is 0 Å². The van der Waals surface area contributed by atoms with E-state index in [0.717, 1.165) is 38.2 Å². The third-order valence-corrected chi connectivity index (χ3v) is 3.95. The summed E-state index contributed by atoms with van der Waals surface area (Å²) in [7, 11) is 0. The summed E-state index contributed by atoms with van der Waals surface area (Å²) in [6.07, 6.45) is 1.79. The van der Waals surface area contributed by atoms with Gasteiger partial charge in [-0.05, 0) is 50.9 Å². The van der Waals surface area contributed by atoms with Crippen LogP contribution in [0.2, 0.25) is 0 Å². The molecule has 2 rings (SSSR count). The molecule has 1 N–H and O–H groups in total. The van der Waals surface area contributed by atoms with Gasteiger partial charge in [0.2, 0.25) is 0 Å². The van der Waals surface area contributed by atoms with Gasteiger partial charge in [0, 0.05) is 19.1 Å². The Bertz CT molecular complexity index is 470. The van der Waals surface area contributed by atoms with Gasteiger partial charge < -0.3 is 15.0 Å². The molecule has 0 saturated carbocycles. The van der Waals surface area contributed by atoms with Crippen molar-refractivity contribution in [3.05, 3.63) is 29.8 Å². The molecule has 1 aliphatic heterocycles. The van der Waals surface area contributed by atoms with Crippen LogP contribution in [-0.4, -0.2) is 36.5 Å². The van der Waals surface area contributed by atoms with E-state index in [0.29, 0.717) is 0 Å². The number of nitrogens with zero attached hydrogens (tertiary/aromatic N) is 1. The molecule has 1 fully saturated rings. The normalized spacial score (nSPS) is 17.6. The summed E-state index contributed by atoms with van der Waals surface area (Å²) < 4.78 is 5.84. The fourth-order valence-electron chi connectivity index (χ4n) is 2.73. The summed E-state index contributed by atoms with van der Waals surface area (Å²) in [6, 6.07) is 8.26. The highest BCUT2D eigenvalue weighted by Gasteiger charge is 2.24. The van der Waals surface area contributed by atoms with Crippen LogP contribution in [0.5, 0.6) is 5.75 Å².